The summed E-state index contributed by atoms with van der Waals surface area (Å²) >= 11 is 0. The smallest absolute Gasteiger partial charge is 0.222 e. The summed E-state index contributed by atoms with van der Waals surface area (Å²) in [7, 11) is -2.12. The number of halogens is 1. The lowest BCUT2D eigenvalue weighted by Gasteiger charge is -2.21. The first-order valence-electron chi connectivity index (χ1n) is 9.50. The van der Waals surface area contributed by atoms with Crippen molar-refractivity contribution in [1.29, 1.82) is 0 Å². The number of nitrogens with zero attached hydrogens (tertiary/aromatic N) is 1. The molecule has 6 nitrogen and oxygen atoms in total. The molecule has 2 aromatic carbocycles. The Bertz CT molecular complexity index is 965. The van der Waals surface area contributed by atoms with E-state index in [1.807, 2.05) is 24.3 Å². The number of methoxy groups -OCH3 is 1. The molecule has 1 amide bonds. The number of benzene rings is 2. The van der Waals surface area contributed by atoms with E-state index in [1.165, 1.54) is 18.2 Å². The normalized spacial score (nSPS) is 17.8. The van der Waals surface area contributed by atoms with Crippen molar-refractivity contribution in [3.05, 3.63) is 65.5 Å². The molecule has 2 aromatic rings. The molecule has 0 saturated carbocycles. The second-order valence-corrected chi connectivity index (χ2v) is 8.91. The number of hydrogen-bond acceptors (Lipinski definition) is 4. The van der Waals surface area contributed by atoms with Crippen molar-refractivity contribution < 1.29 is 22.3 Å². The van der Waals surface area contributed by atoms with Crippen LogP contribution in [0.5, 0.6) is 5.75 Å². The summed E-state index contributed by atoms with van der Waals surface area (Å²) in [5.74, 6) is -0.247. The number of hydrogen-bond donors (Lipinski definition) is 1. The molecule has 1 aliphatic heterocycles. The van der Waals surface area contributed by atoms with Crippen LogP contribution in [-0.2, 0) is 27.1 Å². The Hall–Kier alpha value is -2.45. The van der Waals surface area contributed by atoms with Crippen molar-refractivity contribution in [1.82, 2.24) is 9.62 Å². The van der Waals surface area contributed by atoms with Crippen LogP contribution in [0, 0.1) is 5.82 Å². The van der Waals surface area contributed by atoms with Crippen LogP contribution < -0.4 is 9.46 Å². The number of sulfonamides is 1. The lowest BCUT2D eigenvalue weighted by Crippen LogP contribution is -2.36. The minimum absolute atomic E-state index is 0.0105. The zero-order chi connectivity index (χ0) is 20.9. The molecule has 1 fully saturated rings. The molecule has 156 valence electrons. The van der Waals surface area contributed by atoms with E-state index in [0.717, 1.165) is 11.3 Å². The molecule has 8 heteroatoms. The minimum atomic E-state index is -3.71. The summed E-state index contributed by atoms with van der Waals surface area (Å²) in [6, 6.07) is 13.0. The Labute approximate surface area is 170 Å². The third-order valence-electron chi connectivity index (χ3n) is 4.96. The second kappa shape index (κ2) is 9.37. The average molecular weight is 421 g/mol. The van der Waals surface area contributed by atoms with Crippen molar-refractivity contribution in [3.8, 4) is 5.75 Å². The molecule has 1 saturated heterocycles. The van der Waals surface area contributed by atoms with Gasteiger partial charge in [-0.15, -0.1) is 0 Å². The van der Waals surface area contributed by atoms with Crippen molar-refractivity contribution in [2.45, 2.75) is 37.6 Å². The molecule has 3 rings (SSSR count). The molecule has 0 spiro atoms. The van der Waals surface area contributed by atoms with Crippen LogP contribution >= 0.6 is 0 Å². The standard InChI is InChI=1S/C21H25FN2O4S/c1-28-19-7-4-5-16(13-19)14-24-12-11-18(9-10-21(24)25)23-29(26,27)15-17-6-2-3-8-20(17)22/h2-8,13,18,23H,9-12,14-15H2,1H3. The van der Waals surface area contributed by atoms with Gasteiger partial charge in [0.05, 0.1) is 12.9 Å². The molecule has 1 aliphatic rings. The summed E-state index contributed by atoms with van der Waals surface area (Å²) in [4.78, 5) is 14.2. The lowest BCUT2D eigenvalue weighted by atomic mass is 10.1. The van der Waals surface area contributed by atoms with Gasteiger partial charge in [0.25, 0.3) is 0 Å². The number of carbonyl (C=O) groups is 1. The van der Waals surface area contributed by atoms with Gasteiger partial charge in [0.1, 0.15) is 11.6 Å². The van der Waals surface area contributed by atoms with E-state index in [-0.39, 0.29) is 23.9 Å². The maximum Gasteiger partial charge on any atom is 0.222 e. The highest BCUT2D eigenvalue weighted by Crippen LogP contribution is 2.19. The molecule has 0 bridgehead atoms. The summed E-state index contributed by atoms with van der Waals surface area (Å²) in [5.41, 5.74) is 1.08. The Morgan fingerprint density at radius 2 is 1.97 bits per heavy atom. The van der Waals surface area contributed by atoms with Gasteiger partial charge in [-0.2, -0.15) is 0 Å². The molecular weight excluding hydrogens is 395 g/mol. The molecule has 1 heterocycles. The van der Waals surface area contributed by atoms with Gasteiger partial charge >= 0.3 is 0 Å². The van der Waals surface area contributed by atoms with Gasteiger partial charge in [-0.25, -0.2) is 17.5 Å². The first-order valence-corrected chi connectivity index (χ1v) is 11.2. The zero-order valence-electron chi connectivity index (χ0n) is 16.3. The van der Waals surface area contributed by atoms with E-state index in [9.17, 15) is 17.6 Å². The highest BCUT2D eigenvalue weighted by molar-refractivity contribution is 7.88. The fourth-order valence-corrected chi connectivity index (χ4v) is 4.90. The predicted molar refractivity (Wildman–Crippen MR) is 108 cm³/mol. The van der Waals surface area contributed by atoms with E-state index in [0.29, 0.717) is 25.9 Å². The number of amides is 1. The number of nitrogens with one attached hydrogen (secondary N) is 1. The fraction of sp³-hybridized carbons (Fsp3) is 0.381. The van der Waals surface area contributed by atoms with Crippen LogP contribution in [0.3, 0.4) is 0 Å². The molecule has 0 aromatic heterocycles. The van der Waals surface area contributed by atoms with E-state index in [1.54, 1.807) is 18.1 Å². The third-order valence-corrected chi connectivity index (χ3v) is 6.35. The summed E-state index contributed by atoms with van der Waals surface area (Å²) in [6.45, 7) is 0.896. The van der Waals surface area contributed by atoms with Crippen molar-refractivity contribution in [3.63, 3.8) is 0 Å². The van der Waals surface area contributed by atoms with Crippen LogP contribution in [0.15, 0.2) is 48.5 Å². The first-order chi connectivity index (χ1) is 13.9. The third kappa shape index (κ3) is 6.01. The van der Waals surface area contributed by atoms with Crippen LogP contribution in [0.25, 0.3) is 0 Å². The number of likely N-dealkylation sites (tertiary alicyclic amines) is 1. The van der Waals surface area contributed by atoms with Gasteiger partial charge in [0, 0.05) is 31.1 Å². The SMILES string of the molecule is COc1cccc(CN2CCC(NS(=O)(=O)Cc3ccccc3F)CCC2=O)c1. The topological polar surface area (TPSA) is 75.7 Å². The van der Waals surface area contributed by atoms with Crippen LogP contribution in [0.4, 0.5) is 4.39 Å². The summed E-state index contributed by atoms with van der Waals surface area (Å²) in [6.07, 6.45) is 1.19. The number of carbonyl (C=O) groups excluding carboxylic acids is 1. The highest BCUT2D eigenvalue weighted by Gasteiger charge is 2.26. The summed E-state index contributed by atoms with van der Waals surface area (Å²) < 4.78 is 46.6. The molecular formula is C21H25FN2O4S. The van der Waals surface area contributed by atoms with Crippen LogP contribution in [-0.4, -0.2) is 38.9 Å². The van der Waals surface area contributed by atoms with E-state index >= 15 is 0 Å². The maximum absolute atomic E-state index is 13.8. The second-order valence-electron chi connectivity index (χ2n) is 7.16. The highest BCUT2D eigenvalue weighted by atomic mass is 32.2. The zero-order valence-corrected chi connectivity index (χ0v) is 17.1. The van der Waals surface area contributed by atoms with Gasteiger partial charge in [0.2, 0.25) is 15.9 Å². The van der Waals surface area contributed by atoms with E-state index in [2.05, 4.69) is 4.72 Å². The van der Waals surface area contributed by atoms with Gasteiger partial charge < -0.3 is 9.64 Å². The molecule has 1 N–H and O–H groups in total. The van der Waals surface area contributed by atoms with Gasteiger partial charge in [-0.05, 0) is 36.6 Å². The largest absolute Gasteiger partial charge is 0.497 e. The lowest BCUT2D eigenvalue weighted by molar-refractivity contribution is -0.131. The first kappa shape index (κ1) is 21.3. The van der Waals surface area contributed by atoms with E-state index < -0.39 is 21.6 Å². The van der Waals surface area contributed by atoms with Crippen LogP contribution in [0.1, 0.15) is 30.4 Å². The quantitative estimate of drug-likeness (QED) is 0.747. The molecule has 1 unspecified atom stereocenters. The number of ether oxygens (including phenoxy) is 1. The van der Waals surface area contributed by atoms with Crippen molar-refractivity contribution in [2.75, 3.05) is 13.7 Å². The van der Waals surface area contributed by atoms with Gasteiger partial charge in [-0.3, -0.25) is 4.79 Å². The number of rotatable bonds is 7. The van der Waals surface area contributed by atoms with Gasteiger partial charge in [-0.1, -0.05) is 30.3 Å². The monoisotopic (exact) mass is 420 g/mol. The Balaban J connectivity index is 1.61. The Morgan fingerprint density at radius 1 is 1.17 bits per heavy atom. The predicted octanol–water partition coefficient (Wildman–Crippen LogP) is 2.84. The molecule has 29 heavy (non-hydrogen) atoms. The maximum atomic E-state index is 13.8. The van der Waals surface area contributed by atoms with Crippen molar-refractivity contribution >= 4 is 15.9 Å². The molecule has 1 atom stereocenters. The Kier molecular flexibility index (Phi) is 6.87. The van der Waals surface area contributed by atoms with E-state index in [4.69, 9.17) is 4.74 Å². The minimum Gasteiger partial charge on any atom is -0.497 e. The van der Waals surface area contributed by atoms with Crippen molar-refractivity contribution in [2.24, 2.45) is 0 Å². The fourth-order valence-electron chi connectivity index (χ4n) is 3.43. The van der Waals surface area contributed by atoms with Crippen LogP contribution in [0.2, 0.25) is 0 Å². The average Bonchev–Trinajstić information content (AvgIpc) is 2.85. The van der Waals surface area contributed by atoms with Gasteiger partial charge in [0.15, 0.2) is 0 Å². The molecule has 0 radical (unpaired) electrons. The Morgan fingerprint density at radius 3 is 2.72 bits per heavy atom. The molecule has 0 aliphatic carbocycles. The summed E-state index contributed by atoms with van der Waals surface area (Å²) in [5, 5.41) is 0.